The number of hydrogen-bond acceptors (Lipinski definition) is 0. The molecule has 0 saturated carbocycles. The summed E-state index contributed by atoms with van der Waals surface area (Å²) in [6.07, 6.45) is -4.33. The first-order valence-electron chi connectivity index (χ1n) is 10.0. The van der Waals surface area contributed by atoms with Gasteiger partial charge in [-0.25, -0.2) is 0 Å². The number of alkyl halides is 3. The Labute approximate surface area is 197 Å². The molecule has 160 valence electrons. The van der Waals surface area contributed by atoms with E-state index in [9.17, 15) is 13.2 Å². The van der Waals surface area contributed by atoms with Gasteiger partial charge in [-0.05, 0) is 0 Å². The Kier molecular flexibility index (Phi) is 7.48. The van der Waals surface area contributed by atoms with Gasteiger partial charge in [-0.2, -0.15) is 0 Å². The van der Waals surface area contributed by atoms with Crippen molar-refractivity contribution in [1.82, 2.24) is 0 Å². The van der Waals surface area contributed by atoms with E-state index in [4.69, 9.17) is 0 Å². The van der Waals surface area contributed by atoms with Crippen molar-refractivity contribution in [2.75, 3.05) is 0 Å². The van der Waals surface area contributed by atoms with Crippen molar-refractivity contribution in [3.8, 4) is 0 Å². The topological polar surface area (TPSA) is 0 Å². The Morgan fingerprint density at radius 1 is 0.625 bits per heavy atom. The molecule has 4 aromatic carbocycles. The van der Waals surface area contributed by atoms with E-state index in [1.54, 1.807) is 12.1 Å². The number of hydrogen-bond donors (Lipinski definition) is 0. The van der Waals surface area contributed by atoms with Gasteiger partial charge < -0.3 is 0 Å². The second-order valence-corrected chi connectivity index (χ2v) is 12.2. The van der Waals surface area contributed by atoms with Crippen LogP contribution >= 0.6 is 7.92 Å². The van der Waals surface area contributed by atoms with Crippen LogP contribution < -0.4 is 14.2 Å². The van der Waals surface area contributed by atoms with Crippen molar-refractivity contribution in [2.24, 2.45) is 0 Å². The van der Waals surface area contributed by atoms with Crippen LogP contribution in [0.1, 0.15) is 11.1 Å². The molecule has 0 radical (unpaired) electrons. The first-order valence-corrected chi connectivity index (χ1v) is 13.8. The van der Waals surface area contributed by atoms with Gasteiger partial charge in [-0.15, -0.1) is 0 Å². The summed E-state index contributed by atoms with van der Waals surface area (Å²) in [5, 5.41) is 2.44. The molecule has 0 bridgehead atoms. The number of rotatable bonds is 6. The van der Waals surface area contributed by atoms with Crippen LogP contribution in [0.25, 0.3) is 3.62 Å². The Hall–Kier alpha value is -2.37. The summed E-state index contributed by atoms with van der Waals surface area (Å²) < 4.78 is 41.7. The second-order valence-electron chi connectivity index (χ2n) is 7.02. The third-order valence-electron chi connectivity index (χ3n) is 4.78. The zero-order valence-electron chi connectivity index (χ0n) is 17.0. The van der Waals surface area contributed by atoms with Crippen LogP contribution in [0.4, 0.5) is 13.2 Å². The fraction of sp³-hybridized carbons (Fsp3) is 0.0370. The quantitative estimate of drug-likeness (QED) is 0.196. The van der Waals surface area contributed by atoms with Crippen molar-refractivity contribution in [3.05, 3.63) is 132 Å². The van der Waals surface area contributed by atoms with Crippen molar-refractivity contribution in [2.45, 2.75) is 6.18 Å². The van der Waals surface area contributed by atoms with Crippen LogP contribution in [-0.2, 0) is 6.18 Å². The summed E-state index contributed by atoms with van der Waals surface area (Å²) in [5.41, 5.74) is 0.248. The summed E-state index contributed by atoms with van der Waals surface area (Å²) in [6, 6.07) is 36.5. The van der Waals surface area contributed by atoms with E-state index >= 15 is 0 Å². The fourth-order valence-corrected chi connectivity index (χ4v) is 8.85. The summed E-state index contributed by atoms with van der Waals surface area (Å²) in [6.45, 7) is 0. The Balaban J connectivity index is 1.81. The maximum atomic E-state index is 13.1. The Morgan fingerprint density at radius 3 is 1.56 bits per heavy atom. The van der Waals surface area contributed by atoms with Gasteiger partial charge in [0, 0.05) is 0 Å². The average molecular weight is 560 g/mol. The van der Waals surface area contributed by atoms with Crippen molar-refractivity contribution >= 4 is 46.7 Å². The molecule has 0 nitrogen and oxygen atoms in total. The van der Waals surface area contributed by atoms with Gasteiger partial charge in [0.05, 0.1) is 0 Å². The molecule has 0 atom stereocenters. The minimum absolute atomic E-state index is 0.616. The molecule has 5 heteroatoms. The van der Waals surface area contributed by atoms with E-state index in [0.29, 0.717) is 0 Å². The first-order chi connectivity index (χ1) is 15.5. The average Bonchev–Trinajstić information content (AvgIpc) is 2.83. The molecule has 0 spiro atoms. The maximum absolute atomic E-state index is 13.1. The normalized spacial score (nSPS) is 12.2. The van der Waals surface area contributed by atoms with Crippen LogP contribution in [0.15, 0.2) is 121 Å². The van der Waals surface area contributed by atoms with Crippen molar-refractivity contribution < 1.29 is 13.2 Å². The summed E-state index contributed by atoms with van der Waals surface area (Å²) >= 11 is -0.800. The van der Waals surface area contributed by atoms with Gasteiger partial charge >= 0.3 is 198 Å². The second kappa shape index (κ2) is 10.5. The zero-order chi connectivity index (χ0) is 22.4. The van der Waals surface area contributed by atoms with E-state index < -0.39 is 40.6 Å². The van der Waals surface area contributed by atoms with E-state index in [-0.39, 0.29) is 0 Å². The summed E-state index contributed by atoms with van der Waals surface area (Å²) in [4.78, 5) is 0. The number of benzene rings is 4. The zero-order valence-corrected chi connectivity index (χ0v) is 20.3. The number of halogens is 3. The minimum atomic E-state index is -4.33. The first kappa shape index (κ1) is 22.8. The van der Waals surface area contributed by atoms with Crippen LogP contribution in [0.2, 0.25) is 0 Å². The van der Waals surface area contributed by atoms with E-state index in [2.05, 4.69) is 42.2 Å². The molecule has 4 rings (SSSR count). The molecule has 0 aliphatic carbocycles. The predicted octanol–water partition coefficient (Wildman–Crippen LogP) is 6.17. The van der Waals surface area contributed by atoms with Gasteiger partial charge in [-0.3, -0.25) is 0 Å². The van der Waals surface area contributed by atoms with E-state index in [1.165, 1.54) is 26.4 Å². The van der Waals surface area contributed by atoms with Crippen LogP contribution in [-0.4, -0.2) is 20.9 Å². The summed E-state index contributed by atoms with van der Waals surface area (Å²) in [7, 11) is -0.792. The molecule has 0 aromatic heterocycles. The molecule has 0 fully saturated rings. The van der Waals surface area contributed by atoms with Crippen LogP contribution in [0.3, 0.4) is 0 Å². The molecule has 0 saturated heterocycles. The van der Waals surface area contributed by atoms with Gasteiger partial charge in [0.25, 0.3) is 0 Å². The molecular weight excluding hydrogens is 540 g/mol. The molecule has 0 heterocycles. The van der Waals surface area contributed by atoms with E-state index in [0.717, 1.165) is 9.18 Å². The monoisotopic (exact) mass is 562 g/mol. The standard InChI is InChI=1S/C27H20F3PTe/c28-27(29,30)22-18-16-21(17-19-22)26(32-25-14-8-3-9-15-25)20-31(23-10-4-1-5-11-23)24-12-6-2-7-13-24/h1-20H. The summed E-state index contributed by atoms with van der Waals surface area (Å²) in [5.74, 6) is 2.30. The Bertz CT molecular complexity index is 1120. The van der Waals surface area contributed by atoms with Gasteiger partial charge in [0.1, 0.15) is 0 Å². The predicted molar refractivity (Wildman–Crippen MR) is 130 cm³/mol. The Morgan fingerprint density at radius 2 is 1.09 bits per heavy atom. The SMILES string of the molecule is FC(F)(F)c1ccc(C(=CP(c2ccccc2)c2ccccc2)[Te]c2ccccc2)cc1. The molecule has 0 aliphatic rings. The van der Waals surface area contributed by atoms with Crippen molar-refractivity contribution in [3.63, 3.8) is 0 Å². The molecule has 0 N–H and O–H groups in total. The molecule has 0 aliphatic heterocycles. The molecule has 0 amide bonds. The van der Waals surface area contributed by atoms with Crippen LogP contribution in [0.5, 0.6) is 0 Å². The van der Waals surface area contributed by atoms with Gasteiger partial charge in [0.15, 0.2) is 0 Å². The molecule has 32 heavy (non-hydrogen) atoms. The molecular formula is C27H20F3PTe. The van der Waals surface area contributed by atoms with E-state index in [1.807, 2.05) is 54.6 Å². The fourth-order valence-electron chi connectivity index (χ4n) is 3.19. The van der Waals surface area contributed by atoms with Crippen molar-refractivity contribution in [1.29, 1.82) is 0 Å². The third kappa shape index (κ3) is 5.90. The van der Waals surface area contributed by atoms with Gasteiger partial charge in [0.2, 0.25) is 0 Å². The molecule has 0 unspecified atom stereocenters. The third-order valence-corrected chi connectivity index (χ3v) is 10.6. The van der Waals surface area contributed by atoms with Gasteiger partial charge in [-0.1, -0.05) is 0 Å². The van der Waals surface area contributed by atoms with Crippen LogP contribution in [0, 0.1) is 0 Å². The molecule has 4 aromatic rings.